The van der Waals surface area contributed by atoms with Crippen molar-refractivity contribution in [3.05, 3.63) is 18.2 Å². The van der Waals surface area contributed by atoms with E-state index >= 15 is 0 Å². The van der Waals surface area contributed by atoms with E-state index in [1.807, 2.05) is 0 Å². The standard InChI is InChI=1S/C14H24N2O2/c1-11(2)5-6-13-15-8-9-16(13)14(17)18-10-7-12(3)4/h8-9,11-12H,5-7,10H2,1-4H3. The van der Waals surface area contributed by atoms with E-state index < -0.39 is 0 Å². The predicted molar refractivity (Wildman–Crippen MR) is 71.6 cm³/mol. The number of aromatic nitrogens is 2. The molecule has 0 aromatic carbocycles. The number of hydrogen-bond donors (Lipinski definition) is 0. The molecule has 0 fully saturated rings. The summed E-state index contributed by atoms with van der Waals surface area (Å²) in [5.41, 5.74) is 0. The average Bonchev–Trinajstić information content (AvgIpc) is 2.73. The number of hydrogen-bond acceptors (Lipinski definition) is 3. The first-order valence-electron chi connectivity index (χ1n) is 6.70. The van der Waals surface area contributed by atoms with Crippen molar-refractivity contribution < 1.29 is 9.53 Å². The van der Waals surface area contributed by atoms with Crippen molar-refractivity contribution in [1.29, 1.82) is 0 Å². The minimum atomic E-state index is -0.313. The van der Waals surface area contributed by atoms with Crippen LogP contribution in [0.4, 0.5) is 4.79 Å². The average molecular weight is 252 g/mol. The van der Waals surface area contributed by atoms with Gasteiger partial charge in [0, 0.05) is 18.8 Å². The summed E-state index contributed by atoms with van der Waals surface area (Å²) in [6.07, 6.45) is 5.74. The molecule has 4 nitrogen and oxygen atoms in total. The highest BCUT2D eigenvalue weighted by Gasteiger charge is 2.12. The van der Waals surface area contributed by atoms with Gasteiger partial charge in [-0.25, -0.2) is 14.3 Å². The number of nitrogens with zero attached hydrogens (tertiary/aromatic N) is 2. The molecule has 0 aliphatic carbocycles. The fourth-order valence-electron chi connectivity index (χ4n) is 1.55. The van der Waals surface area contributed by atoms with Crippen LogP contribution in [0.3, 0.4) is 0 Å². The van der Waals surface area contributed by atoms with Crippen molar-refractivity contribution in [3.8, 4) is 0 Å². The Labute approximate surface area is 109 Å². The number of carbonyl (C=O) groups excluding carboxylic acids is 1. The number of rotatable bonds is 6. The first kappa shape index (κ1) is 14.7. The van der Waals surface area contributed by atoms with Crippen molar-refractivity contribution in [2.45, 2.75) is 47.0 Å². The second-order valence-electron chi connectivity index (χ2n) is 5.44. The van der Waals surface area contributed by atoms with Crippen molar-refractivity contribution in [1.82, 2.24) is 9.55 Å². The van der Waals surface area contributed by atoms with Crippen LogP contribution in [-0.4, -0.2) is 22.3 Å². The summed E-state index contributed by atoms with van der Waals surface area (Å²) >= 11 is 0. The molecule has 102 valence electrons. The van der Waals surface area contributed by atoms with Gasteiger partial charge in [0.2, 0.25) is 0 Å². The largest absolute Gasteiger partial charge is 0.449 e. The molecule has 0 bridgehead atoms. The zero-order chi connectivity index (χ0) is 13.5. The van der Waals surface area contributed by atoms with Crippen molar-refractivity contribution in [2.24, 2.45) is 11.8 Å². The Morgan fingerprint density at radius 3 is 2.56 bits per heavy atom. The van der Waals surface area contributed by atoms with Gasteiger partial charge in [-0.3, -0.25) is 0 Å². The highest BCUT2D eigenvalue weighted by molar-refractivity contribution is 5.70. The third-order valence-electron chi connectivity index (χ3n) is 2.78. The monoisotopic (exact) mass is 252 g/mol. The number of aryl methyl sites for hydroxylation is 1. The van der Waals surface area contributed by atoms with Gasteiger partial charge in [0.1, 0.15) is 5.82 Å². The molecule has 1 heterocycles. The molecular formula is C14H24N2O2. The van der Waals surface area contributed by atoms with Crippen LogP contribution in [-0.2, 0) is 11.2 Å². The van der Waals surface area contributed by atoms with E-state index in [0.29, 0.717) is 18.4 Å². The van der Waals surface area contributed by atoms with Crippen LogP contribution >= 0.6 is 0 Å². The fraction of sp³-hybridized carbons (Fsp3) is 0.714. The third-order valence-corrected chi connectivity index (χ3v) is 2.78. The van der Waals surface area contributed by atoms with Gasteiger partial charge >= 0.3 is 6.09 Å². The summed E-state index contributed by atoms with van der Waals surface area (Å²) in [5.74, 6) is 1.94. The molecule has 0 unspecified atom stereocenters. The molecule has 0 aliphatic heterocycles. The SMILES string of the molecule is CC(C)CCOC(=O)n1ccnc1CCC(C)C. The Morgan fingerprint density at radius 1 is 1.28 bits per heavy atom. The Bertz CT molecular complexity index is 370. The maximum Gasteiger partial charge on any atom is 0.419 e. The van der Waals surface area contributed by atoms with Crippen LogP contribution in [0.15, 0.2) is 12.4 Å². The van der Waals surface area contributed by atoms with Crippen LogP contribution in [0.25, 0.3) is 0 Å². The van der Waals surface area contributed by atoms with Crippen LogP contribution in [0.2, 0.25) is 0 Å². The topological polar surface area (TPSA) is 44.1 Å². The lowest BCUT2D eigenvalue weighted by Crippen LogP contribution is -2.17. The minimum absolute atomic E-state index is 0.313. The predicted octanol–water partition coefficient (Wildman–Crippen LogP) is 3.50. The smallest absolute Gasteiger partial charge is 0.419 e. The molecule has 18 heavy (non-hydrogen) atoms. The van der Waals surface area contributed by atoms with Gasteiger partial charge in [-0.2, -0.15) is 0 Å². The van der Waals surface area contributed by atoms with E-state index in [1.54, 1.807) is 12.4 Å². The molecule has 0 spiro atoms. The second kappa shape index (κ2) is 7.19. The van der Waals surface area contributed by atoms with Gasteiger partial charge in [-0.05, 0) is 24.7 Å². The maximum absolute atomic E-state index is 11.9. The van der Waals surface area contributed by atoms with Gasteiger partial charge in [-0.15, -0.1) is 0 Å². The van der Waals surface area contributed by atoms with Crippen LogP contribution < -0.4 is 0 Å². The normalized spacial score (nSPS) is 11.2. The lowest BCUT2D eigenvalue weighted by atomic mass is 10.1. The molecule has 1 rings (SSSR count). The summed E-state index contributed by atoms with van der Waals surface area (Å²) in [4.78, 5) is 16.1. The summed E-state index contributed by atoms with van der Waals surface area (Å²) in [7, 11) is 0. The zero-order valence-electron chi connectivity index (χ0n) is 11.8. The van der Waals surface area contributed by atoms with E-state index in [2.05, 4.69) is 32.7 Å². The molecular weight excluding hydrogens is 228 g/mol. The Morgan fingerprint density at radius 2 is 1.94 bits per heavy atom. The van der Waals surface area contributed by atoms with Gasteiger partial charge in [-0.1, -0.05) is 27.7 Å². The zero-order valence-corrected chi connectivity index (χ0v) is 11.8. The molecule has 0 amide bonds. The lowest BCUT2D eigenvalue weighted by molar-refractivity contribution is 0.141. The molecule has 0 radical (unpaired) electrons. The first-order chi connectivity index (χ1) is 8.50. The van der Waals surface area contributed by atoms with Crippen molar-refractivity contribution >= 4 is 6.09 Å². The summed E-state index contributed by atoms with van der Waals surface area (Å²) in [6.45, 7) is 9.01. The first-order valence-corrected chi connectivity index (χ1v) is 6.70. The number of carbonyl (C=O) groups is 1. The van der Waals surface area contributed by atoms with Gasteiger partial charge in [0.05, 0.1) is 6.61 Å². The molecule has 4 heteroatoms. The highest BCUT2D eigenvalue weighted by Crippen LogP contribution is 2.08. The maximum atomic E-state index is 11.9. The Hall–Kier alpha value is -1.32. The quantitative estimate of drug-likeness (QED) is 0.778. The fourth-order valence-corrected chi connectivity index (χ4v) is 1.55. The van der Waals surface area contributed by atoms with Crippen LogP contribution in [0, 0.1) is 11.8 Å². The minimum Gasteiger partial charge on any atom is -0.449 e. The Kier molecular flexibility index (Phi) is 5.89. The lowest BCUT2D eigenvalue weighted by Gasteiger charge is -2.09. The summed E-state index contributed by atoms with van der Waals surface area (Å²) in [5, 5.41) is 0. The number of imidazole rings is 1. The Balaban J connectivity index is 2.49. The summed E-state index contributed by atoms with van der Waals surface area (Å²) < 4.78 is 6.75. The van der Waals surface area contributed by atoms with E-state index in [9.17, 15) is 4.79 Å². The molecule has 1 aromatic heterocycles. The van der Waals surface area contributed by atoms with Gasteiger partial charge < -0.3 is 4.74 Å². The van der Waals surface area contributed by atoms with Crippen LogP contribution in [0.1, 0.15) is 46.4 Å². The van der Waals surface area contributed by atoms with Crippen molar-refractivity contribution in [2.75, 3.05) is 6.61 Å². The van der Waals surface area contributed by atoms with Crippen molar-refractivity contribution in [3.63, 3.8) is 0 Å². The molecule has 0 N–H and O–H groups in total. The van der Waals surface area contributed by atoms with Gasteiger partial charge in [0.25, 0.3) is 0 Å². The molecule has 0 saturated heterocycles. The molecule has 1 aromatic rings. The molecule has 0 atom stereocenters. The van der Waals surface area contributed by atoms with E-state index in [-0.39, 0.29) is 6.09 Å². The highest BCUT2D eigenvalue weighted by atomic mass is 16.5. The van der Waals surface area contributed by atoms with E-state index in [0.717, 1.165) is 25.1 Å². The van der Waals surface area contributed by atoms with E-state index in [1.165, 1.54) is 4.57 Å². The van der Waals surface area contributed by atoms with E-state index in [4.69, 9.17) is 4.74 Å². The van der Waals surface area contributed by atoms with Crippen LogP contribution in [0.5, 0.6) is 0 Å². The summed E-state index contributed by atoms with van der Waals surface area (Å²) in [6, 6.07) is 0. The second-order valence-corrected chi connectivity index (χ2v) is 5.44. The number of ether oxygens (including phenoxy) is 1. The molecule has 0 aliphatic rings. The third kappa shape index (κ3) is 4.90. The van der Waals surface area contributed by atoms with Gasteiger partial charge in [0.15, 0.2) is 0 Å². The molecule has 0 saturated carbocycles.